The van der Waals surface area contributed by atoms with Crippen molar-refractivity contribution in [3.8, 4) is 17.2 Å². The number of Topliss-reactive ketones (excluding diaryl/α,β-unsaturated/α-hetero) is 1. The van der Waals surface area contributed by atoms with Gasteiger partial charge in [0.05, 0.1) is 24.9 Å². The van der Waals surface area contributed by atoms with Gasteiger partial charge in [0.25, 0.3) is 0 Å². The highest BCUT2D eigenvalue weighted by Gasteiger charge is 2.26. The Labute approximate surface area is 243 Å². The molecule has 0 fully saturated rings. The van der Waals surface area contributed by atoms with E-state index in [1.165, 1.54) is 13.2 Å². The molecule has 0 aromatic heterocycles. The van der Waals surface area contributed by atoms with E-state index in [4.69, 9.17) is 10.5 Å². The van der Waals surface area contributed by atoms with Crippen LogP contribution in [0.4, 0.5) is 0 Å². The first kappa shape index (κ1) is 29.8. The fraction of sp³-hybridized carbons (Fsp3) is 0.355. The van der Waals surface area contributed by atoms with E-state index in [9.17, 15) is 19.8 Å². The third-order valence-electron chi connectivity index (χ3n) is 7.17. The second-order valence-corrected chi connectivity index (χ2v) is 12.6. The van der Waals surface area contributed by atoms with Crippen molar-refractivity contribution >= 4 is 39.2 Å². The summed E-state index contributed by atoms with van der Waals surface area (Å²) in [5.41, 5.74) is 10.9. The number of rotatable bonds is 3. The van der Waals surface area contributed by atoms with Gasteiger partial charge in [0.1, 0.15) is 11.5 Å². The molecule has 2 aliphatic rings. The number of ether oxygens (including phenoxy) is 1. The smallest absolute Gasteiger partial charge is 0.163 e. The highest BCUT2D eigenvalue weighted by molar-refractivity contribution is 8.76. The zero-order chi connectivity index (χ0) is 28.6. The molecule has 2 aliphatic heterocycles. The number of carbonyl (C=O) groups excluding carboxylic acids is 2. The van der Waals surface area contributed by atoms with E-state index in [0.717, 1.165) is 40.9 Å². The van der Waals surface area contributed by atoms with E-state index < -0.39 is 6.17 Å². The number of hydrogen-bond donors (Lipinski definition) is 4. The molecule has 0 radical (unpaired) electrons. The molecule has 2 bridgehead atoms. The number of ketones is 2. The molecule has 9 heteroatoms. The lowest BCUT2D eigenvalue weighted by atomic mass is 9.93. The lowest BCUT2D eigenvalue weighted by Crippen LogP contribution is -2.39. The number of nitrogens with two attached hydrogens (primary N) is 1. The summed E-state index contributed by atoms with van der Waals surface area (Å²) in [6, 6.07) is 10.6. The molecule has 3 atom stereocenters. The first-order valence-electron chi connectivity index (χ1n) is 13.4. The Bertz CT molecular complexity index is 1340. The predicted octanol–water partition coefficient (Wildman–Crippen LogP) is 5.83. The monoisotopic (exact) mass is 580 g/mol. The molecule has 2 aromatic rings. The van der Waals surface area contributed by atoms with Gasteiger partial charge in [-0.1, -0.05) is 59.2 Å². The molecule has 2 heterocycles. The Kier molecular flexibility index (Phi) is 10.4. The number of methoxy groups -OCH3 is 1. The molecule has 0 aliphatic carbocycles. The normalized spacial score (nSPS) is 22.7. The van der Waals surface area contributed by atoms with Gasteiger partial charge in [0.15, 0.2) is 17.3 Å². The third kappa shape index (κ3) is 7.74. The molecule has 4 rings (SSSR count). The molecule has 2 aromatic carbocycles. The molecule has 0 saturated heterocycles. The van der Waals surface area contributed by atoms with Gasteiger partial charge >= 0.3 is 0 Å². The van der Waals surface area contributed by atoms with E-state index in [1.54, 1.807) is 51.9 Å². The first-order valence-corrected chi connectivity index (χ1v) is 15.8. The fourth-order valence-corrected chi connectivity index (χ4v) is 8.07. The maximum atomic E-state index is 12.6. The maximum absolute atomic E-state index is 12.6. The second-order valence-electron chi connectivity index (χ2n) is 10.1. The van der Waals surface area contributed by atoms with E-state index in [1.807, 2.05) is 18.3 Å². The summed E-state index contributed by atoms with van der Waals surface area (Å²) in [4.78, 5) is 25.2. The number of phenols is 2. The molecule has 7 nitrogen and oxygen atoms in total. The Hall–Kier alpha value is -3.14. The van der Waals surface area contributed by atoms with Crippen molar-refractivity contribution in [1.82, 2.24) is 5.32 Å². The minimum Gasteiger partial charge on any atom is -0.508 e. The number of nitrogens with one attached hydrogen (secondary N) is 1. The molecular formula is C31H36N2O5S2. The highest BCUT2D eigenvalue weighted by Crippen LogP contribution is 2.46. The van der Waals surface area contributed by atoms with Crippen LogP contribution in [0.3, 0.4) is 0 Å². The van der Waals surface area contributed by atoms with Crippen molar-refractivity contribution in [1.29, 1.82) is 0 Å². The Balaban J connectivity index is 1.76. The van der Waals surface area contributed by atoms with Crippen LogP contribution in [0, 0.1) is 5.92 Å². The van der Waals surface area contributed by atoms with Crippen LogP contribution in [0.25, 0.3) is 6.08 Å². The van der Waals surface area contributed by atoms with Crippen LogP contribution >= 0.6 is 21.6 Å². The van der Waals surface area contributed by atoms with Crippen LogP contribution in [0.1, 0.15) is 54.5 Å². The van der Waals surface area contributed by atoms with Crippen LogP contribution in [-0.4, -0.2) is 40.8 Å². The Morgan fingerprint density at radius 1 is 1.12 bits per heavy atom. The van der Waals surface area contributed by atoms with Crippen LogP contribution in [0.2, 0.25) is 0 Å². The molecular weight excluding hydrogens is 544 g/mol. The quantitative estimate of drug-likeness (QED) is 0.262. The summed E-state index contributed by atoms with van der Waals surface area (Å²) in [6.07, 6.45) is 9.01. The predicted molar refractivity (Wildman–Crippen MR) is 163 cm³/mol. The first-order chi connectivity index (χ1) is 19.3. The summed E-state index contributed by atoms with van der Waals surface area (Å²) < 4.78 is 5.31. The number of aromatic hydroxyl groups is 2. The van der Waals surface area contributed by atoms with Crippen LogP contribution in [0.5, 0.6) is 17.2 Å². The van der Waals surface area contributed by atoms with Crippen molar-refractivity contribution in [2.24, 2.45) is 11.7 Å². The van der Waals surface area contributed by atoms with Crippen LogP contribution < -0.4 is 15.8 Å². The van der Waals surface area contributed by atoms with Crippen molar-refractivity contribution in [2.75, 3.05) is 12.9 Å². The summed E-state index contributed by atoms with van der Waals surface area (Å²) >= 11 is 0. The SMILES string of the molecule is CCC1CCC(=O)CC(=O)C=Cc2cc(OC)c(O)cc2CC2=CNC(N)C(=C2)C(c2cccc(O)c2)SSC1. The molecule has 40 heavy (non-hydrogen) atoms. The number of dihydropyridines is 1. The minimum atomic E-state index is -0.421. The fourth-order valence-electron chi connectivity index (χ4n) is 4.79. The molecule has 0 amide bonds. The number of carbonyl (C=O) groups is 2. The number of phenolic OH excluding ortho intramolecular Hbond substituents is 2. The molecule has 0 saturated carbocycles. The van der Waals surface area contributed by atoms with Crippen LogP contribution in [0.15, 0.2) is 65.9 Å². The number of benzene rings is 2. The van der Waals surface area contributed by atoms with Gasteiger partial charge in [-0.05, 0) is 76.9 Å². The Morgan fingerprint density at radius 3 is 2.70 bits per heavy atom. The topological polar surface area (TPSA) is 122 Å². The lowest BCUT2D eigenvalue weighted by molar-refractivity contribution is -0.124. The highest BCUT2D eigenvalue weighted by atomic mass is 33.1. The molecule has 5 N–H and O–H groups in total. The maximum Gasteiger partial charge on any atom is 0.163 e. The van der Waals surface area contributed by atoms with Gasteiger partial charge < -0.3 is 26.0 Å². The Morgan fingerprint density at radius 2 is 1.95 bits per heavy atom. The minimum absolute atomic E-state index is 0.00126. The molecule has 0 spiro atoms. The van der Waals surface area contributed by atoms with E-state index in [0.29, 0.717) is 30.1 Å². The number of allylic oxidation sites excluding steroid dienone is 3. The zero-order valence-electron chi connectivity index (χ0n) is 22.8. The lowest BCUT2D eigenvalue weighted by Gasteiger charge is -2.29. The van der Waals surface area contributed by atoms with Crippen molar-refractivity contribution in [2.45, 2.75) is 50.4 Å². The zero-order valence-corrected chi connectivity index (χ0v) is 24.4. The summed E-state index contributed by atoms with van der Waals surface area (Å²) in [5.74, 6) is 1.37. The summed E-state index contributed by atoms with van der Waals surface area (Å²) in [5, 5.41) is 23.9. The van der Waals surface area contributed by atoms with E-state index >= 15 is 0 Å². The second kappa shape index (κ2) is 14.0. The van der Waals surface area contributed by atoms with Crippen LogP contribution in [-0.2, 0) is 16.0 Å². The van der Waals surface area contributed by atoms with Crippen molar-refractivity contribution < 1.29 is 24.5 Å². The van der Waals surface area contributed by atoms with Crippen molar-refractivity contribution in [3.63, 3.8) is 0 Å². The number of hydrogen-bond acceptors (Lipinski definition) is 9. The average Bonchev–Trinajstić information content (AvgIpc) is 2.93. The van der Waals surface area contributed by atoms with E-state index in [2.05, 4.69) is 18.3 Å². The van der Waals surface area contributed by atoms with Gasteiger partial charge in [0, 0.05) is 18.4 Å². The largest absolute Gasteiger partial charge is 0.508 e. The van der Waals surface area contributed by atoms with Gasteiger partial charge in [-0.15, -0.1) is 0 Å². The molecule has 3 unspecified atom stereocenters. The van der Waals surface area contributed by atoms with E-state index in [-0.39, 0.29) is 34.7 Å². The van der Waals surface area contributed by atoms with Crippen molar-refractivity contribution in [3.05, 3.63) is 82.6 Å². The molecule has 212 valence electrons. The average molecular weight is 581 g/mol. The standard InChI is InChI=1S/C31H36N2O5S2/c1-3-19-7-9-25(35)16-26(36)10-8-21-15-29(38-2)28(37)14-23(21)11-20-12-27(31(32)33-17-20)30(40-39-18-19)22-5-4-6-24(34)13-22/h4-6,8,10,12-15,17,19,30-31,33-34,37H,3,7,9,11,16,18,32H2,1-2H3. The van der Waals surface area contributed by atoms with Gasteiger partial charge in [-0.2, -0.15) is 0 Å². The summed E-state index contributed by atoms with van der Waals surface area (Å²) in [7, 11) is 4.90. The van der Waals surface area contributed by atoms with Gasteiger partial charge in [0.2, 0.25) is 0 Å². The van der Waals surface area contributed by atoms with Gasteiger partial charge in [-0.3, -0.25) is 9.59 Å². The number of fused-ring (bicyclic) bond motifs is 2. The summed E-state index contributed by atoms with van der Waals surface area (Å²) in [6.45, 7) is 2.12. The third-order valence-corrected chi connectivity index (χ3v) is 10.0. The van der Waals surface area contributed by atoms with Gasteiger partial charge in [-0.25, -0.2) is 0 Å².